The Morgan fingerprint density at radius 1 is 0.978 bits per heavy atom. The number of aromatic nitrogens is 1. The van der Waals surface area contributed by atoms with E-state index in [9.17, 15) is 14.0 Å². The molecule has 230 valence electrons. The van der Waals surface area contributed by atoms with Crippen LogP contribution in [0.1, 0.15) is 31.3 Å². The molecule has 6 rings (SSSR count). The summed E-state index contributed by atoms with van der Waals surface area (Å²) < 4.78 is 42.8. The van der Waals surface area contributed by atoms with E-state index in [1.807, 2.05) is 30.3 Å². The van der Waals surface area contributed by atoms with Crippen molar-refractivity contribution in [2.75, 3.05) is 34.0 Å². The summed E-state index contributed by atoms with van der Waals surface area (Å²) in [7, 11) is 3.10. The van der Waals surface area contributed by atoms with E-state index < -0.39 is 5.91 Å². The van der Waals surface area contributed by atoms with Crippen molar-refractivity contribution in [2.45, 2.75) is 13.2 Å². The predicted molar refractivity (Wildman–Crippen MR) is 167 cm³/mol. The largest absolute Gasteiger partial charge is 0.497 e. The van der Waals surface area contributed by atoms with E-state index >= 15 is 0 Å². The number of fused-ring (bicyclic) bond motifs is 5. The van der Waals surface area contributed by atoms with Crippen LogP contribution >= 0.6 is 11.3 Å². The number of hydrogen-bond donors (Lipinski definition) is 1. The number of nitrogens with zero attached hydrogens (tertiary/aromatic N) is 1. The van der Waals surface area contributed by atoms with Gasteiger partial charge in [0.2, 0.25) is 0 Å². The minimum Gasteiger partial charge on any atom is -0.497 e. The van der Waals surface area contributed by atoms with Crippen molar-refractivity contribution < 1.29 is 37.7 Å². The van der Waals surface area contributed by atoms with Crippen molar-refractivity contribution in [3.8, 4) is 34.3 Å². The van der Waals surface area contributed by atoms with Crippen LogP contribution in [0, 0.1) is 5.82 Å². The van der Waals surface area contributed by atoms with Crippen molar-refractivity contribution in [3.63, 3.8) is 0 Å². The molecule has 5 aromatic rings. The summed E-state index contributed by atoms with van der Waals surface area (Å²) in [5.74, 6) is 0.976. The van der Waals surface area contributed by atoms with Crippen molar-refractivity contribution in [1.29, 1.82) is 0 Å². The molecule has 3 heterocycles. The molecule has 11 heteroatoms. The van der Waals surface area contributed by atoms with Crippen molar-refractivity contribution in [1.82, 2.24) is 10.3 Å². The maximum atomic E-state index is 14.4. The average molecular weight is 629 g/mol. The second-order valence-corrected chi connectivity index (χ2v) is 11.2. The highest BCUT2D eigenvalue weighted by Crippen LogP contribution is 2.45. The lowest BCUT2D eigenvalue weighted by molar-refractivity contribution is 0.0877. The van der Waals surface area contributed by atoms with Crippen molar-refractivity contribution in [3.05, 3.63) is 100 Å². The van der Waals surface area contributed by atoms with Gasteiger partial charge in [-0.25, -0.2) is 9.37 Å². The summed E-state index contributed by atoms with van der Waals surface area (Å²) in [6.45, 7) is 1.09. The average Bonchev–Trinajstić information content (AvgIpc) is 3.47. The molecule has 1 aliphatic rings. The topological polar surface area (TPSA) is 105 Å². The van der Waals surface area contributed by atoms with Crippen LogP contribution in [0.5, 0.6) is 23.0 Å². The predicted octanol–water partition coefficient (Wildman–Crippen LogP) is 6.22. The zero-order valence-corrected chi connectivity index (χ0v) is 25.4. The van der Waals surface area contributed by atoms with Gasteiger partial charge in [0.15, 0.2) is 17.3 Å². The first-order valence-electron chi connectivity index (χ1n) is 14.1. The van der Waals surface area contributed by atoms with Crippen LogP contribution in [0.4, 0.5) is 4.39 Å². The highest BCUT2D eigenvalue weighted by molar-refractivity contribution is 7.19. The van der Waals surface area contributed by atoms with E-state index in [1.165, 1.54) is 24.5 Å². The van der Waals surface area contributed by atoms with Gasteiger partial charge in [0.1, 0.15) is 41.9 Å². The fourth-order valence-electron chi connectivity index (χ4n) is 4.94. The van der Waals surface area contributed by atoms with Gasteiger partial charge in [-0.05, 0) is 54.1 Å². The Morgan fingerprint density at radius 3 is 2.62 bits per heavy atom. The molecule has 0 bridgehead atoms. The lowest BCUT2D eigenvalue weighted by atomic mass is 10.0. The summed E-state index contributed by atoms with van der Waals surface area (Å²) in [6, 6.07) is 20.5. The molecule has 0 saturated carbocycles. The zero-order valence-electron chi connectivity index (χ0n) is 24.6. The number of carbonyl (C=O) groups is 2. The van der Waals surface area contributed by atoms with Gasteiger partial charge in [0.25, 0.3) is 5.91 Å². The number of ketones is 1. The van der Waals surface area contributed by atoms with Gasteiger partial charge >= 0.3 is 0 Å². The van der Waals surface area contributed by atoms with E-state index in [-0.39, 0.29) is 30.4 Å². The third kappa shape index (κ3) is 6.45. The van der Waals surface area contributed by atoms with Crippen LogP contribution in [-0.4, -0.2) is 50.7 Å². The van der Waals surface area contributed by atoms with Crippen LogP contribution in [0.25, 0.3) is 21.3 Å². The molecule has 2 aromatic heterocycles. The van der Waals surface area contributed by atoms with Gasteiger partial charge in [-0.3, -0.25) is 9.59 Å². The maximum Gasteiger partial charge on any atom is 0.251 e. The second-order valence-electron chi connectivity index (χ2n) is 10.1. The number of methoxy groups -OCH3 is 2. The molecule has 9 nitrogen and oxygen atoms in total. The van der Waals surface area contributed by atoms with E-state index in [2.05, 4.69) is 10.3 Å². The number of ether oxygens (including phenoxy) is 5. The molecule has 0 fully saturated rings. The van der Waals surface area contributed by atoms with Gasteiger partial charge in [-0.1, -0.05) is 24.3 Å². The van der Waals surface area contributed by atoms with Crippen LogP contribution in [0.15, 0.2) is 72.8 Å². The number of pyridine rings is 1. The van der Waals surface area contributed by atoms with Crippen molar-refractivity contribution in [2.24, 2.45) is 0 Å². The molecule has 0 atom stereocenters. The summed E-state index contributed by atoms with van der Waals surface area (Å²) in [5.41, 5.74) is 2.73. The normalized spacial score (nSPS) is 11.7. The number of halogens is 1. The lowest BCUT2D eigenvalue weighted by Gasteiger charge is -2.18. The fourth-order valence-corrected chi connectivity index (χ4v) is 6.06. The lowest BCUT2D eigenvalue weighted by Crippen LogP contribution is -2.30. The Labute approximate surface area is 262 Å². The highest BCUT2D eigenvalue weighted by atomic mass is 32.1. The number of Topliss-reactive ketones (excluding diaryl/α,β-unsaturated/α-hetero) is 1. The number of rotatable bonds is 12. The van der Waals surface area contributed by atoms with Crippen LogP contribution < -0.4 is 24.3 Å². The van der Waals surface area contributed by atoms with Gasteiger partial charge in [-0.15, -0.1) is 11.3 Å². The van der Waals surface area contributed by atoms with Gasteiger partial charge in [-0.2, -0.15) is 0 Å². The monoisotopic (exact) mass is 628 g/mol. The first kappa shape index (κ1) is 30.0. The number of benzene rings is 3. The van der Waals surface area contributed by atoms with E-state index in [0.717, 1.165) is 27.1 Å². The molecule has 45 heavy (non-hydrogen) atoms. The summed E-state index contributed by atoms with van der Waals surface area (Å²) in [5, 5.41) is 3.38. The number of hydrogen-bond acceptors (Lipinski definition) is 9. The first-order valence-corrected chi connectivity index (χ1v) is 14.9. The van der Waals surface area contributed by atoms with Gasteiger partial charge in [0, 0.05) is 16.5 Å². The molecule has 0 spiro atoms. The molecule has 0 saturated heterocycles. The molecule has 1 amide bonds. The molecular weight excluding hydrogens is 599 g/mol. The maximum absolute atomic E-state index is 14.4. The van der Waals surface area contributed by atoms with E-state index in [1.54, 1.807) is 43.5 Å². The Hall–Kier alpha value is -5.00. The standard InChI is InChI=1S/C34H29FN2O7S/c1-40-22-9-6-20(7-10-22)18-42-14-15-43-27-12-8-21(16-29(27)41-2)34(39)36-17-26(38)25-11-13-28-32(37-25)31-23-4-3-5-24(35)33(23)45-30(31)19-44-28/h3-13,16H,14-15,17-19H2,1-2H3,(H,36,39). The van der Waals surface area contributed by atoms with Crippen LogP contribution in [0.2, 0.25) is 0 Å². The molecule has 0 aliphatic carbocycles. The molecular formula is C34H29FN2O7S. The third-order valence-corrected chi connectivity index (χ3v) is 8.42. The number of carbonyl (C=O) groups excluding carboxylic acids is 2. The molecule has 1 N–H and O–H groups in total. The number of nitrogens with one attached hydrogen (secondary N) is 1. The van der Waals surface area contributed by atoms with Crippen LogP contribution in [0.3, 0.4) is 0 Å². The molecule has 3 aromatic carbocycles. The first-order chi connectivity index (χ1) is 21.9. The molecule has 1 aliphatic heterocycles. The number of amides is 1. The van der Waals surface area contributed by atoms with Gasteiger partial charge < -0.3 is 29.0 Å². The SMILES string of the molecule is COc1ccc(COCCOc2ccc(C(=O)NCC(=O)c3ccc4c(n3)-c3c(sc5c(F)cccc35)CO4)cc2OC)cc1. The Morgan fingerprint density at radius 2 is 1.82 bits per heavy atom. The second kappa shape index (κ2) is 13.3. The third-order valence-electron chi connectivity index (χ3n) is 7.23. The molecule has 0 unspecified atom stereocenters. The van der Waals surface area contributed by atoms with E-state index in [4.69, 9.17) is 23.7 Å². The fraction of sp³-hybridized carbons (Fsp3) is 0.206. The van der Waals surface area contributed by atoms with E-state index in [0.29, 0.717) is 53.0 Å². The summed E-state index contributed by atoms with van der Waals surface area (Å²) >= 11 is 1.32. The minimum atomic E-state index is -0.459. The summed E-state index contributed by atoms with van der Waals surface area (Å²) in [4.78, 5) is 31.4. The van der Waals surface area contributed by atoms with Crippen molar-refractivity contribution >= 4 is 33.1 Å². The smallest absolute Gasteiger partial charge is 0.251 e. The Balaban J connectivity index is 1.05. The number of thiophene rings is 1. The Kier molecular flexibility index (Phi) is 8.90. The highest BCUT2D eigenvalue weighted by Gasteiger charge is 2.26. The minimum absolute atomic E-state index is 0.164. The Bertz CT molecular complexity index is 1870. The van der Waals surface area contributed by atoms with Gasteiger partial charge in [0.05, 0.1) is 43.6 Å². The summed E-state index contributed by atoms with van der Waals surface area (Å²) in [6.07, 6.45) is 0. The van der Waals surface area contributed by atoms with Crippen LogP contribution in [-0.2, 0) is 18.0 Å². The quantitative estimate of drug-likeness (QED) is 0.128. The molecule has 0 radical (unpaired) electrons. The zero-order chi connectivity index (χ0) is 31.3.